The van der Waals surface area contributed by atoms with Gasteiger partial charge in [-0.25, -0.2) is 4.79 Å². The molecule has 0 aromatic carbocycles. The molecular formula is C13H25NO4. The second-order valence-corrected chi connectivity index (χ2v) is 6.39. The van der Waals surface area contributed by atoms with Crippen molar-refractivity contribution in [2.24, 2.45) is 5.41 Å². The highest BCUT2D eigenvalue weighted by atomic mass is 16.6. The summed E-state index contributed by atoms with van der Waals surface area (Å²) in [4.78, 5) is 24.6. The van der Waals surface area contributed by atoms with Gasteiger partial charge in [0.05, 0.1) is 5.41 Å². The van der Waals surface area contributed by atoms with Crippen molar-refractivity contribution < 1.29 is 19.4 Å². The normalized spacial score (nSPS) is 12.4. The van der Waals surface area contributed by atoms with Crippen LogP contribution in [0.4, 0.5) is 4.79 Å². The summed E-state index contributed by atoms with van der Waals surface area (Å²) in [5.41, 5.74) is -1.58. The summed E-state index contributed by atoms with van der Waals surface area (Å²) in [7, 11) is 0. The van der Waals surface area contributed by atoms with Crippen LogP contribution in [0.1, 0.15) is 48.5 Å². The number of nitrogens with zero attached hydrogens (tertiary/aromatic N) is 1. The molecule has 0 saturated heterocycles. The Kier molecular flexibility index (Phi) is 5.20. The van der Waals surface area contributed by atoms with Crippen LogP contribution >= 0.6 is 0 Å². The van der Waals surface area contributed by atoms with Gasteiger partial charge in [-0.1, -0.05) is 0 Å². The number of aliphatic carboxylic acids is 1. The van der Waals surface area contributed by atoms with E-state index in [9.17, 15) is 9.59 Å². The van der Waals surface area contributed by atoms with Crippen molar-refractivity contribution in [3.05, 3.63) is 0 Å². The summed E-state index contributed by atoms with van der Waals surface area (Å²) in [6.45, 7) is 12.3. The number of hydrogen-bond donors (Lipinski definition) is 1. The van der Waals surface area contributed by atoms with Crippen LogP contribution < -0.4 is 0 Å². The fourth-order valence-corrected chi connectivity index (χ4v) is 1.27. The van der Waals surface area contributed by atoms with E-state index in [1.807, 2.05) is 13.8 Å². The average molecular weight is 259 g/mol. The summed E-state index contributed by atoms with van der Waals surface area (Å²) in [5.74, 6) is -0.934. The fourth-order valence-electron chi connectivity index (χ4n) is 1.27. The third-order valence-corrected chi connectivity index (χ3v) is 2.40. The smallest absolute Gasteiger partial charge is 0.410 e. The summed E-state index contributed by atoms with van der Waals surface area (Å²) in [5, 5.41) is 9.11. The lowest BCUT2D eigenvalue weighted by Crippen LogP contribution is -2.47. The van der Waals surface area contributed by atoms with E-state index in [1.54, 1.807) is 34.6 Å². The first-order valence-corrected chi connectivity index (χ1v) is 6.10. The molecule has 1 N–H and O–H groups in total. The minimum atomic E-state index is -0.999. The first-order valence-electron chi connectivity index (χ1n) is 6.10. The van der Waals surface area contributed by atoms with E-state index in [-0.39, 0.29) is 12.6 Å². The van der Waals surface area contributed by atoms with Gasteiger partial charge in [-0.3, -0.25) is 4.79 Å². The van der Waals surface area contributed by atoms with Gasteiger partial charge in [0.2, 0.25) is 0 Å². The number of ether oxygens (including phenoxy) is 1. The Balaban J connectivity index is 4.89. The molecule has 5 nitrogen and oxygen atoms in total. The van der Waals surface area contributed by atoms with Gasteiger partial charge in [0.1, 0.15) is 5.60 Å². The fraction of sp³-hybridized carbons (Fsp3) is 0.846. The average Bonchev–Trinajstić information content (AvgIpc) is 2.10. The zero-order chi connectivity index (χ0) is 14.7. The van der Waals surface area contributed by atoms with Crippen molar-refractivity contribution in [1.29, 1.82) is 0 Å². The molecule has 0 fully saturated rings. The lowest BCUT2D eigenvalue weighted by atomic mass is 9.93. The third kappa shape index (κ3) is 5.38. The first kappa shape index (κ1) is 16.7. The van der Waals surface area contributed by atoms with Gasteiger partial charge < -0.3 is 14.7 Å². The van der Waals surface area contributed by atoms with E-state index in [1.165, 1.54) is 4.90 Å². The third-order valence-electron chi connectivity index (χ3n) is 2.40. The summed E-state index contributed by atoms with van der Waals surface area (Å²) in [6.07, 6.45) is -0.480. The molecule has 0 aromatic heterocycles. The van der Waals surface area contributed by atoms with Gasteiger partial charge in [-0.2, -0.15) is 0 Å². The van der Waals surface area contributed by atoms with Gasteiger partial charge >= 0.3 is 12.1 Å². The largest absolute Gasteiger partial charge is 0.481 e. The van der Waals surface area contributed by atoms with Crippen molar-refractivity contribution in [2.45, 2.75) is 60.1 Å². The van der Waals surface area contributed by atoms with Gasteiger partial charge in [-0.15, -0.1) is 0 Å². The number of carbonyl (C=O) groups is 2. The van der Waals surface area contributed by atoms with E-state index in [0.717, 1.165) is 0 Å². The molecule has 0 aromatic rings. The maximum absolute atomic E-state index is 12.0. The minimum absolute atomic E-state index is 0.113. The molecule has 18 heavy (non-hydrogen) atoms. The molecule has 5 heteroatoms. The quantitative estimate of drug-likeness (QED) is 0.843. The molecule has 0 bridgehead atoms. The molecule has 0 aliphatic heterocycles. The van der Waals surface area contributed by atoms with Crippen LogP contribution in [-0.4, -0.2) is 40.3 Å². The van der Waals surface area contributed by atoms with Crippen molar-refractivity contribution in [2.75, 3.05) is 6.54 Å². The number of hydrogen-bond acceptors (Lipinski definition) is 3. The maximum Gasteiger partial charge on any atom is 0.410 e. The van der Waals surface area contributed by atoms with Crippen molar-refractivity contribution in [3.8, 4) is 0 Å². The van der Waals surface area contributed by atoms with E-state index < -0.39 is 23.1 Å². The van der Waals surface area contributed by atoms with Crippen LogP contribution in [-0.2, 0) is 9.53 Å². The van der Waals surface area contributed by atoms with E-state index >= 15 is 0 Å². The maximum atomic E-state index is 12.0. The molecule has 0 atom stereocenters. The van der Waals surface area contributed by atoms with E-state index in [0.29, 0.717) is 0 Å². The molecule has 0 radical (unpaired) electrons. The number of carboxylic acid groups (broad SMARTS) is 1. The number of rotatable bonds is 4. The molecule has 0 rings (SSSR count). The first-order chi connectivity index (χ1) is 7.87. The second-order valence-electron chi connectivity index (χ2n) is 6.39. The van der Waals surface area contributed by atoms with Crippen LogP contribution in [0.25, 0.3) is 0 Å². The Labute approximate surface area is 109 Å². The summed E-state index contributed by atoms with van der Waals surface area (Å²) in [6, 6.07) is -0.113. The minimum Gasteiger partial charge on any atom is -0.481 e. The predicted octanol–water partition coefficient (Wildman–Crippen LogP) is 2.74. The summed E-state index contributed by atoms with van der Waals surface area (Å²) < 4.78 is 5.28. The van der Waals surface area contributed by atoms with Crippen molar-refractivity contribution in [1.82, 2.24) is 4.90 Å². The highest BCUT2D eigenvalue weighted by Crippen LogP contribution is 2.21. The Morgan fingerprint density at radius 2 is 1.61 bits per heavy atom. The van der Waals surface area contributed by atoms with Gasteiger partial charge in [0.25, 0.3) is 0 Å². The second kappa shape index (κ2) is 5.59. The molecule has 0 aliphatic rings. The lowest BCUT2D eigenvalue weighted by Gasteiger charge is -2.34. The van der Waals surface area contributed by atoms with Crippen LogP contribution in [0, 0.1) is 5.41 Å². The molecule has 0 heterocycles. The summed E-state index contributed by atoms with van der Waals surface area (Å²) >= 11 is 0. The number of carbonyl (C=O) groups excluding carboxylic acids is 1. The van der Waals surface area contributed by atoms with Crippen LogP contribution in [0.15, 0.2) is 0 Å². The molecule has 0 saturated carbocycles. The van der Waals surface area contributed by atoms with Gasteiger partial charge in [0.15, 0.2) is 0 Å². The zero-order valence-electron chi connectivity index (χ0n) is 12.4. The Hall–Kier alpha value is -1.26. The van der Waals surface area contributed by atoms with Crippen LogP contribution in [0.5, 0.6) is 0 Å². The zero-order valence-corrected chi connectivity index (χ0v) is 12.4. The van der Waals surface area contributed by atoms with Gasteiger partial charge in [-0.05, 0) is 48.5 Å². The predicted molar refractivity (Wildman–Crippen MR) is 69.5 cm³/mol. The highest BCUT2D eigenvalue weighted by molar-refractivity contribution is 5.75. The van der Waals surface area contributed by atoms with Crippen LogP contribution in [0.3, 0.4) is 0 Å². The molecule has 1 amide bonds. The Morgan fingerprint density at radius 3 is 1.89 bits per heavy atom. The standard InChI is InChI=1S/C13H25NO4/c1-9(2)14(8-13(6,7)10(15)16)11(17)18-12(3,4)5/h9H,8H2,1-7H3,(H,15,16). The van der Waals surface area contributed by atoms with Crippen molar-refractivity contribution >= 4 is 12.1 Å². The SMILES string of the molecule is CC(C)N(CC(C)(C)C(=O)O)C(=O)OC(C)(C)C. The van der Waals surface area contributed by atoms with E-state index in [4.69, 9.17) is 9.84 Å². The van der Waals surface area contributed by atoms with Crippen molar-refractivity contribution in [3.63, 3.8) is 0 Å². The molecule has 0 aliphatic carbocycles. The lowest BCUT2D eigenvalue weighted by molar-refractivity contribution is -0.147. The highest BCUT2D eigenvalue weighted by Gasteiger charge is 2.34. The molecule has 0 unspecified atom stereocenters. The molecule has 106 valence electrons. The topological polar surface area (TPSA) is 66.8 Å². The van der Waals surface area contributed by atoms with Crippen LogP contribution in [0.2, 0.25) is 0 Å². The number of carboxylic acids is 1. The Morgan fingerprint density at radius 1 is 1.17 bits per heavy atom. The van der Waals surface area contributed by atoms with Gasteiger partial charge in [0, 0.05) is 12.6 Å². The molecule has 0 spiro atoms. The monoisotopic (exact) mass is 259 g/mol. The molecular weight excluding hydrogens is 234 g/mol. The van der Waals surface area contributed by atoms with E-state index in [2.05, 4.69) is 0 Å². The number of amides is 1. The Bertz CT molecular complexity index is 315.